The average molecular weight is 483 g/mol. The summed E-state index contributed by atoms with van der Waals surface area (Å²) in [5, 5.41) is -1.48. The van der Waals surface area contributed by atoms with Gasteiger partial charge in [-0.2, -0.15) is 0 Å². The lowest BCUT2D eigenvalue weighted by Gasteiger charge is -2.09. The van der Waals surface area contributed by atoms with Gasteiger partial charge in [0.05, 0.1) is 37.6 Å². The molecule has 0 radical (unpaired) electrons. The molecule has 170 valence electrons. The lowest BCUT2D eigenvalue weighted by Crippen LogP contribution is -2.16. The summed E-state index contributed by atoms with van der Waals surface area (Å²) in [4.78, 5) is 46.7. The van der Waals surface area contributed by atoms with Crippen molar-refractivity contribution in [3.63, 3.8) is 0 Å². The van der Waals surface area contributed by atoms with Gasteiger partial charge in [0.15, 0.2) is 0 Å². The number of carbonyl (C=O) groups is 4. The van der Waals surface area contributed by atoms with Crippen LogP contribution in [0.4, 0.5) is 0 Å². The van der Waals surface area contributed by atoms with E-state index in [2.05, 4.69) is 0 Å². The molecule has 0 saturated carbocycles. The molecule has 2 aromatic carbocycles. The molecule has 0 spiro atoms. The Balaban J connectivity index is 1.55. The first kappa shape index (κ1) is 25.5. The molecule has 8 nitrogen and oxygen atoms in total. The first-order valence-electron chi connectivity index (χ1n) is 9.49. The van der Waals surface area contributed by atoms with Crippen LogP contribution in [0.15, 0.2) is 48.5 Å². The Morgan fingerprint density at radius 2 is 0.844 bits per heavy atom. The molecule has 2 rings (SSSR count). The fourth-order valence-electron chi connectivity index (χ4n) is 2.53. The molecule has 0 heterocycles. The number of carbonyl (C=O) groups excluding carboxylic acids is 4. The van der Waals surface area contributed by atoms with Crippen LogP contribution in [0, 0.1) is 0 Å². The summed E-state index contributed by atoms with van der Waals surface area (Å²) in [5.74, 6) is -1.34. The quantitative estimate of drug-likeness (QED) is 0.242. The van der Waals surface area contributed by atoms with Gasteiger partial charge in [-0.15, -0.1) is 0 Å². The minimum atomic E-state index is -0.742. The Morgan fingerprint density at radius 1 is 0.531 bits per heavy atom. The maximum Gasteiger partial charge on any atom is 0.338 e. The lowest BCUT2D eigenvalue weighted by molar-refractivity contribution is 0.00225. The van der Waals surface area contributed by atoms with Crippen LogP contribution in [0.25, 0.3) is 0 Å². The summed E-state index contributed by atoms with van der Waals surface area (Å²) in [5.41, 5.74) is 0.325. The second-order valence-electron chi connectivity index (χ2n) is 6.14. The Hall–Kier alpha value is -2.78. The SMILES string of the molecule is O=C(Cl)c1ccccc1C(=O)OCCOCCOCCOC(=O)c1ccccc1C(=O)Cl. The third kappa shape index (κ3) is 8.05. The van der Waals surface area contributed by atoms with E-state index in [1.165, 1.54) is 24.3 Å². The van der Waals surface area contributed by atoms with Crippen LogP contribution >= 0.6 is 23.2 Å². The maximum atomic E-state index is 12.0. The molecule has 0 bridgehead atoms. The number of hydrogen-bond acceptors (Lipinski definition) is 8. The maximum absolute atomic E-state index is 12.0. The zero-order chi connectivity index (χ0) is 23.3. The molecule has 0 aliphatic carbocycles. The number of esters is 2. The molecular formula is C22H20Cl2O8. The van der Waals surface area contributed by atoms with E-state index in [1.54, 1.807) is 24.3 Å². The predicted molar refractivity (Wildman–Crippen MR) is 115 cm³/mol. The van der Waals surface area contributed by atoms with Gasteiger partial charge in [0, 0.05) is 11.1 Å². The van der Waals surface area contributed by atoms with Crippen LogP contribution in [0.5, 0.6) is 0 Å². The summed E-state index contributed by atoms with van der Waals surface area (Å²) in [6, 6.07) is 12.2. The zero-order valence-electron chi connectivity index (χ0n) is 16.9. The number of rotatable bonds is 13. The zero-order valence-corrected chi connectivity index (χ0v) is 18.4. The van der Waals surface area contributed by atoms with Crippen LogP contribution in [0.1, 0.15) is 41.4 Å². The molecule has 2 aromatic rings. The summed E-state index contributed by atoms with van der Waals surface area (Å²) in [7, 11) is 0. The van der Waals surface area contributed by atoms with E-state index in [0.29, 0.717) is 0 Å². The Morgan fingerprint density at radius 3 is 1.19 bits per heavy atom. The fourth-order valence-corrected chi connectivity index (χ4v) is 2.86. The van der Waals surface area contributed by atoms with E-state index >= 15 is 0 Å². The van der Waals surface area contributed by atoms with Crippen molar-refractivity contribution in [3.05, 3.63) is 70.8 Å². The number of halogens is 2. The normalized spacial score (nSPS) is 10.4. The van der Waals surface area contributed by atoms with Crippen molar-refractivity contribution in [2.45, 2.75) is 0 Å². The van der Waals surface area contributed by atoms with Crippen LogP contribution in [0.3, 0.4) is 0 Å². The van der Waals surface area contributed by atoms with Crippen LogP contribution in [-0.4, -0.2) is 62.1 Å². The molecule has 0 aliphatic rings. The van der Waals surface area contributed by atoms with Crippen LogP contribution in [0.2, 0.25) is 0 Å². The summed E-state index contributed by atoms with van der Waals surface area (Å²) in [6.07, 6.45) is 0. The second-order valence-corrected chi connectivity index (χ2v) is 6.82. The minimum absolute atomic E-state index is 0.0139. The largest absolute Gasteiger partial charge is 0.460 e. The molecular weight excluding hydrogens is 463 g/mol. The van der Waals surface area contributed by atoms with Gasteiger partial charge >= 0.3 is 11.9 Å². The summed E-state index contributed by atoms with van der Waals surface area (Å²) < 4.78 is 20.7. The molecule has 0 saturated heterocycles. The second kappa shape index (κ2) is 13.6. The fraction of sp³-hybridized carbons (Fsp3) is 0.273. The number of benzene rings is 2. The van der Waals surface area contributed by atoms with E-state index in [0.717, 1.165) is 0 Å². The van der Waals surface area contributed by atoms with Gasteiger partial charge in [-0.3, -0.25) is 9.59 Å². The molecule has 32 heavy (non-hydrogen) atoms. The molecule has 0 aliphatic heterocycles. The molecule has 0 unspecified atom stereocenters. The minimum Gasteiger partial charge on any atom is -0.460 e. The Labute approximate surface area is 194 Å². The highest BCUT2D eigenvalue weighted by Gasteiger charge is 2.17. The highest BCUT2D eigenvalue weighted by atomic mass is 35.5. The van der Waals surface area contributed by atoms with Gasteiger partial charge in [-0.1, -0.05) is 24.3 Å². The van der Waals surface area contributed by atoms with Crippen molar-refractivity contribution >= 4 is 45.6 Å². The molecule has 10 heteroatoms. The molecule has 0 fully saturated rings. The smallest absolute Gasteiger partial charge is 0.338 e. The lowest BCUT2D eigenvalue weighted by atomic mass is 10.1. The van der Waals surface area contributed by atoms with E-state index in [9.17, 15) is 19.2 Å². The van der Waals surface area contributed by atoms with Crippen molar-refractivity contribution in [2.75, 3.05) is 39.6 Å². The Kier molecular flexibility index (Phi) is 10.8. The first-order chi connectivity index (χ1) is 15.4. The topological polar surface area (TPSA) is 105 Å². The van der Waals surface area contributed by atoms with E-state index in [-0.39, 0.29) is 61.9 Å². The summed E-state index contributed by atoms with van der Waals surface area (Å²) >= 11 is 10.9. The van der Waals surface area contributed by atoms with Crippen molar-refractivity contribution in [1.82, 2.24) is 0 Å². The van der Waals surface area contributed by atoms with Crippen molar-refractivity contribution in [3.8, 4) is 0 Å². The van der Waals surface area contributed by atoms with Gasteiger partial charge < -0.3 is 18.9 Å². The highest BCUT2D eigenvalue weighted by Crippen LogP contribution is 2.14. The van der Waals surface area contributed by atoms with Crippen molar-refractivity contribution < 1.29 is 38.1 Å². The van der Waals surface area contributed by atoms with Crippen molar-refractivity contribution in [1.29, 1.82) is 0 Å². The van der Waals surface area contributed by atoms with Gasteiger partial charge in [-0.25, -0.2) is 9.59 Å². The standard InChI is InChI=1S/C22H20Cl2O8/c23-19(25)15-5-1-3-7-17(15)21(27)31-13-11-29-9-10-30-12-14-32-22(28)18-8-4-2-6-16(18)20(24)26/h1-8H,9-14H2. The molecule has 0 N–H and O–H groups in total. The van der Waals surface area contributed by atoms with Gasteiger partial charge in [0.25, 0.3) is 10.5 Å². The van der Waals surface area contributed by atoms with E-state index in [1.807, 2.05) is 0 Å². The number of hydrogen-bond donors (Lipinski definition) is 0. The molecule has 0 aromatic heterocycles. The van der Waals surface area contributed by atoms with E-state index < -0.39 is 22.4 Å². The van der Waals surface area contributed by atoms with Crippen LogP contribution in [-0.2, 0) is 18.9 Å². The Bertz CT molecular complexity index is 883. The molecule has 0 atom stereocenters. The predicted octanol–water partition coefficient (Wildman–Crippen LogP) is 3.49. The average Bonchev–Trinajstić information content (AvgIpc) is 2.79. The number of ether oxygens (including phenoxy) is 4. The van der Waals surface area contributed by atoms with Crippen molar-refractivity contribution in [2.24, 2.45) is 0 Å². The highest BCUT2D eigenvalue weighted by molar-refractivity contribution is 6.68. The van der Waals surface area contributed by atoms with Gasteiger partial charge in [0.2, 0.25) is 0 Å². The van der Waals surface area contributed by atoms with Gasteiger partial charge in [0.1, 0.15) is 13.2 Å². The third-order valence-electron chi connectivity index (χ3n) is 4.01. The van der Waals surface area contributed by atoms with E-state index in [4.69, 9.17) is 42.1 Å². The first-order valence-corrected chi connectivity index (χ1v) is 10.2. The summed E-state index contributed by atoms with van der Waals surface area (Å²) in [6.45, 7) is 0.687. The molecule has 0 amide bonds. The third-order valence-corrected chi connectivity index (χ3v) is 4.42. The monoisotopic (exact) mass is 482 g/mol. The van der Waals surface area contributed by atoms with Gasteiger partial charge in [-0.05, 0) is 47.5 Å². The van der Waals surface area contributed by atoms with Crippen LogP contribution < -0.4 is 0 Å².